The highest BCUT2D eigenvalue weighted by atomic mass is 32.1. The molecular formula is C12H21N3S. The summed E-state index contributed by atoms with van der Waals surface area (Å²) in [6, 6.07) is 0. The molecule has 1 aromatic heterocycles. The predicted molar refractivity (Wildman–Crippen MR) is 69.0 cm³/mol. The summed E-state index contributed by atoms with van der Waals surface area (Å²) in [4.78, 5) is 4.35. The number of nitrogens with zero attached hydrogens (tertiary/aromatic N) is 1. The number of hydrogen-bond donors (Lipinski definition) is 2. The molecule has 90 valence electrons. The first-order valence-electron chi connectivity index (χ1n) is 6.17. The lowest BCUT2D eigenvalue weighted by atomic mass is 9.99. The Morgan fingerprint density at radius 3 is 3.31 bits per heavy atom. The van der Waals surface area contributed by atoms with Crippen LogP contribution in [0.3, 0.4) is 0 Å². The summed E-state index contributed by atoms with van der Waals surface area (Å²) in [6.45, 7) is 6.81. The van der Waals surface area contributed by atoms with E-state index in [9.17, 15) is 0 Å². The highest BCUT2D eigenvalue weighted by Gasteiger charge is 2.13. The second-order valence-electron chi connectivity index (χ2n) is 4.64. The van der Waals surface area contributed by atoms with Crippen molar-refractivity contribution in [3.05, 3.63) is 16.6 Å². The van der Waals surface area contributed by atoms with Crippen molar-refractivity contribution in [3.63, 3.8) is 0 Å². The maximum atomic E-state index is 4.35. The molecule has 0 aromatic carbocycles. The third-order valence-corrected chi connectivity index (χ3v) is 4.16. The standard InChI is InChI=1S/C12H21N3S/c1-10(12-15-5-6-16-12)7-14-9-11-3-2-4-13-8-11/h5-6,10-11,13-14H,2-4,7-9H2,1H3. The molecule has 2 unspecified atom stereocenters. The molecule has 0 spiro atoms. The molecule has 16 heavy (non-hydrogen) atoms. The van der Waals surface area contributed by atoms with Crippen molar-refractivity contribution in [2.75, 3.05) is 26.2 Å². The third-order valence-electron chi connectivity index (χ3n) is 3.16. The van der Waals surface area contributed by atoms with Gasteiger partial charge < -0.3 is 10.6 Å². The number of piperidine rings is 1. The fourth-order valence-corrected chi connectivity index (χ4v) is 2.87. The lowest BCUT2D eigenvalue weighted by Gasteiger charge is -2.23. The Morgan fingerprint density at radius 1 is 1.69 bits per heavy atom. The first kappa shape index (κ1) is 12.0. The van der Waals surface area contributed by atoms with Gasteiger partial charge in [0.1, 0.15) is 0 Å². The number of rotatable bonds is 5. The average molecular weight is 239 g/mol. The lowest BCUT2D eigenvalue weighted by Crippen LogP contribution is -2.36. The van der Waals surface area contributed by atoms with E-state index in [1.807, 2.05) is 6.20 Å². The van der Waals surface area contributed by atoms with Gasteiger partial charge in [-0.2, -0.15) is 0 Å². The Kier molecular flexibility index (Phi) is 4.75. The topological polar surface area (TPSA) is 37.0 Å². The van der Waals surface area contributed by atoms with Crippen LogP contribution >= 0.6 is 11.3 Å². The first-order valence-corrected chi connectivity index (χ1v) is 7.05. The molecule has 1 aromatic rings. The molecule has 2 rings (SSSR count). The fourth-order valence-electron chi connectivity index (χ4n) is 2.17. The van der Waals surface area contributed by atoms with E-state index in [0.717, 1.165) is 19.0 Å². The Labute approximate surface area is 102 Å². The van der Waals surface area contributed by atoms with Gasteiger partial charge >= 0.3 is 0 Å². The monoisotopic (exact) mass is 239 g/mol. The number of nitrogens with one attached hydrogen (secondary N) is 2. The van der Waals surface area contributed by atoms with Gasteiger partial charge in [-0.25, -0.2) is 4.98 Å². The van der Waals surface area contributed by atoms with Crippen LogP contribution in [0.1, 0.15) is 30.7 Å². The van der Waals surface area contributed by atoms with Gasteiger partial charge in [-0.15, -0.1) is 11.3 Å². The van der Waals surface area contributed by atoms with Crippen LogP contribution in [0, 0.1) is 5.92 Å². The highest BCUT2D eigenvalue weighted by molar-refractivity contribution is 7.09. The molecule has 0 radical (unpaired) electrons. The maximum absolute atomic E-state index is 4.35. The summed E-state index contributed by atoms with van der Waals surface area (Å²) in [5, 5.41) is 10.3. The number of thiazole rings is 1. The minimum absolute atomic E-state index is 0.538. The van der Waals surface area contributed by atoms with Gasteiger partial charge in [0, 0.05) is 24.0 Å². The minimum atomic E-state index is 0.538. The van der Waals surface area contributed by atoms with Gasteiger partial charge in [0.05, 0.1) is 5.01 Å². The van der Waals surface area contributed by atoms with Crippen LogP contribution in [0.15, 0.2) is 11.6 Å². The van der Waals surface area contributed by atoms with Gasteiger partial charge in [-0.05, 0) is 38.4 Å². The largest absolute Gasteiger partial charge is 0.316 e. The molecule has 1 saturated heterocycles. The molecule has 1 aliphatic rings. The Balaban J connectivity index is 1.63. The van der Waals surface area contributed by atoms with E-state index in [4.69, 9.17) is 0 Å². The van der Waals surface area contributed by atoms with Crippen molar-refractivity contribution in [2.45, 2.75) is 25.7 Å². The van der Waals surface area contributed by atoms with Gasteiger partial charge in [-0.3, -0.25) is 0 Å². The molecule has 0 bridgehead atoms. The van der Waals surface area contributed by atoms with E-state index in [-0.39, 0.29) is 0 Å². The Hall–Kier alpha value is -0.450. The average Bonchev–Trinajstić information content (AvgIpc) is 2.84. The SMILES string of the molecule is CC(CNCC1CCCNC1)c1nccs1. The summed E-state index contributed by atoms with van der Waals surface area (Å²) in [7, 11) is 0. The van der Waals surface area contributed by atoms with Crippen molar-refractivity contribution in [3.8, 4) is 0 Å². The fraction of sp³-hybridized carbons (Fsp3) is 0.750. The van der Waals surface area contributed by atoms with E-state index in [1.165, 1.54) is 30.9 Å². The van der Waals surface area contributed by atoms with Crippen LogP contribution in [0.2, 0.25) is 0 Å². The van der Waals surface area contributed by atoms with Crippen molar-refractivity contribution in [1.29, 1.82) is 0 Å². The molecule has 4 heteroatoms. The zero-order chi connectivity index (χ0) is 11.2. The van der Waals surface area contributed by atoms with Gasteiger partial charge in [0.25, 0.3) is 0 Å². The molecule has 2 heterocycles. The molecular weight excluding hydrogens is 218 g/mol. The summed E-state index contributed by atoms with van der Waals surface area (Å²) >= 11 is 1.75. The summed E-state index contributed by atoms with van der Waals surface area (Å²) < 4.78 is 0. The van der Waals surface area contributed by atoms with E-state index in [1.54, 1.807) is 11.3 Å². The summed E-state index contributed by atoms with van der Waals surface area (Å²) in [5.41, 5.74) is 0. The quantitative estimate of drug-likeness (QED) is 0.823. The molecule has 3 nitrogen and oxygen atoms in total. The molecule has 0 amide bonds. The second-order valence-corrected chi connectivity index (χ2v) is 5.57. The summed E-state index contributed by atoms with van der Waals surface area (Å²) in [5.74, 6) is 1.36. The number of aromatic nitrogens is 1. The van der Waals surface area contributed by atoms with Crippen LogP contribution in [-0.4, -0.2) is 31.2 Å². The van der Waals surface area contributed by atoms with Crippen molar-refractivity contribution in [2.24, 2.45) is 5.92 Å². The smallest absolute Gasteiger partial charge is 0.0965 e. The van der Waals surface area contributed by atoms with Gasteiger partial charge in [0.15, 0.2) is 0 Å². The number of hydrogen-bond acceptors (Lipinski definition) is 4. The minimum Gasteiger partial charge on any atom is -0.316 e. The summed E-state index contributed by atoms with van der Waals surface area (Å²) in [6.07, 6.45) is 4.58. The zero-order valence-electron chi connectivity index (χ0n) is 9.91. The van der Waals surface area contributed by atoms with Gasteiger partial charge in [-0.1, -0.05) is 6.92 Å². The molecule has 0 aliphatic carbocycles. The molecule has 2 atom stereocenters. The normalized spacial score (nSPS) is 23.2. The van der Waals surface area contributed by atoms with Crippen molar-refractivity contribution < 1.29 is 0 Å². The molecule has 2 N–H and O–H groups in total. The molecule has 1 aliphatic heterocycles. The van der Waals surface area contributed by atoms with Crippen molar-refractivity contribution >= 4 is 11.3 Å². The van der Waals surface area contributed by atoms with Crippen LogP contribution in [0.5, 0.6) is 0 Å². The maximum Gasteiger partial charge on any atom is 0.0965 e. The van der Waals surface area contributed by atoms with E-state index in [2.05, 4.69) is 27.9 Å². The zero-order valence-corrected chi connectivity index (χ0v) is 10.7. The van der Waals surface area contributed by atoms with Gasteiger partial charge in [0.2, 0.25) is 0 Å². The van der Waals surface area contributed by atoms with Crippen LogP contribution in [0.25, 0.3) is 0 Å². The van der Waals surface area contributed by atoms with E-state index in [0.29, 0.717) is 5.92 Å². The van der Waals surface area contributed by atoms with Crippen LogP contribution in [0.4, 0.5) is 0 Å². The van der Waals surface area contributed by atoms with Crippen LogP contribution < -0.4 is 10.6 Å². The lowest BCUT2D eigenvalue weighted by molar-refractivity contribution is 0.358. The van der Waals surface area contributed by atoms with E-state index < -0.39 is 0 Å². The highest BCUT2D eigenvalue weighted by Crippen LogP contribution is 2.16. The second kappa shape index (κ2) is 6.33. The third kappa shape index (κ3) is 3.54. The first-order chi connectivity index (χ1) is 7.86. The Morgan fingerprint density at radius 2 is 2.62 bits per heavy atom. The van der Waals surface area contributed by atoms with Crippen molar-refractivity contribution in [1.82, 2.24) is 15.6 Å². The van der Waals surface area contributed by atoms with E-state index >= 15 is 0 Å². The predicted octanol–water partition coefficient (Wildman–Crippen LogP) is 1.84. The Bertz CT molecular complexity index is 280. The molecule has 1 fully saturated rings. The van der Waals surface area contributed by atoms with Crippen LogP contribution in [-0.2, 0) is 0 Å². The molecule has 0 saturated carbocycles.